The number of hydrogen-bond acceptors (Lipinski definition) is 6. The summed E-state index contributed by atoms with van der Waals surface area (Å²) in [4.78, 5) is 17.2. The third kappa shape index (κ3) is 6.84. The lowest BCUT2D eigenvalue weighted by molar-refractivity contribution is -0.121. The first-order chi connectivity index (χ1) is 20.1. The van der Waals surface area contributed by atoms with Gasteiger partial charge < -0.3 is 4.74 Å². The van der Waals surface area contributed by atoms with E-state index in [1.807, 2.05) is 66.2 Å². The number of amides is 1. The summed E-state index contributed by atoms with van der Waals surface area (Å²) in [6.45, 7) is 4.82. The van der Waals surface area contributed by atoms with Crippen LogP contribution in [0.15, 0.2) is 83.8 Å². The molecule has 0 saturated carbocycles. The lowest BCUT2D eigenvalue weighted by atomic mass is 10.2. The van der Waals surface area contributed by atoms with E-state index in [-0.39, 0.29) is 17.3 Å². The van der Waals surface area contributed by atoms with Gasteiger partial charge in [0.2, 0.25) is 15.9 Å². The van der Waals surface area contributed by atoms with Gasteiger partial charge in [-0.25, -0.2) is 12.7 Å². The highest BCUT2D eigenvalue weighted by Gasteiger charge is 2.27. The van der Waals surface area contributed by atoms with Crippen molar-refractivity contribution in [3.05, 3.63) is 106 Å². The van der Waals surface area contributed by atoms with E-state index in [0.29, 0.717) is 43.6 Å². The molecule has 1 saturated heterocycles. The molecule has 0 bridgehead atoms. The topological polar surface area (TPSA) is 88.0 Å². The number of carbonyl (C=O) groups excluding carboxylic acids is 1. The fraction of sp³-hybridized carbons (Fsp3) is 0.290. The van der Waals surface area contributed by atoms with E-state index >= 15 is 0 Å². The highest BCUT2D eigenvalue weighted by atomic mass is 35.5. The van der Waals surface area contributed by atoms with E-state index in [4.69, 9.17) is 21.4 Å². The minimum atomic E-state index is -3.48. The van der Waals surface area contributed by atoms with Crippen molar-refractivity contribution in [2.45, 2.75) is 31.5 Å². The molecule has 1 aromatic heterocycles. The van der Waals surface area contributed by atoms with Crippen molar-refractivity contribution >= 4 is 33.3 Å². The average molecular weight is 608 g/mol. The van der Waals surface area contributed by atoms with Gasteiger partial charge in [-0.1, -0.05) is 54.1 Å². The van der Waals surface area contributed by atoms with Crippen LogP contribution in [0.2, 0.25) is 5.02 Å². The van der Waals surface area contributed by atoms with Crippen LogP contribution < -0.4 is 9.64 Å². The van der Waals surface area contributed by atoms with Crippen molar-refractivity contribution < 1.29 is 17.9 Å². The number of anilines is 1. The second-order valence-electron chi connectivity index (χ2n) is 10.5. The summed E-state index contributed by atoms with van der Waals surface area (Å²) in [6.07, 6.45) is 0. The molecule has 1 aliphatic rings. The summed E-state index contributed by atoms with van der Waals surface area (Å²) in [7, 11) is -0.460. The molecule has 0 radical (unpaired) electrons. The Bertz CT molecular complexity index is 1660. The van der Waals surface area contributed by atoms with E-state index in [1.165, 1.54) is 18.4 Å². The molecule has 11 heteroatoms. The number of aryl methyl sites for hydroxylation is 1. The maximum atomic E-state index is 13.2. The Hall–Kier alpha value is -3.70. The second-order valence-corrected chi connectivity index (χ2v) is 13.1. The average Bonchev–Trinajstić information content (AvgIpc) is 3.32. The summed E-state index contributed by atoms with van der Waals surface area (Å²) in [5, 5.41) is 5.38. The molecule has 0 unspecified atom stereocenters. The number of aromatic nitrogens is 2. The molecule has 1 aliphatic heterocycles. The maximum absolute atomic E-state index is 13.2. The number of piperazine rings is 1. The molecule has 0 atom stereocenters. The first kappa shape index (κ1) is 29.8. The van der Waals surface area contributed by atoms with Gasteiger partial charge in [-0.3, -0.25) is 19.3 Å². The second kappa shape index (κ2) is 12.7. The molecule has 1 amide bonds. The van der Waals surface area contributed by atoms with Crippen molar-refractivity contribution in [2.24, 2.45) is 0 Å². The predicted molar refractivity (Wildman–Crippen MR) is 163 cm³/mol. The Morgan fingerprint density at radius 1 is 0.929 bits per heavy atom. The predicted octanol–water partition coefficient (Wildman–Crippen LogP) is 4.57. The van der Waals surface area contributed by atoms with Crippen LogP contribution >= 0.6 is 11.6 Å². The van der Waals surface area contributed by atoms with Crippen molar-refractivity contribution in [2.75, 3.05) is 38.6 Å². The van der Waals surface area contributed by atoms with E-state index in [0.717, 1.165) is 28.1 Å². The zero-order valence-corrected chi connectivity index (χ0v) is 25.5. The van der Waals surface area contributed by atoms with E-state index in [9.17, 15) is 13.2 Å². The molecule has 4 aromatic rings. The van der Waals surface area contributed by atoms with Crippen LogP contribution in [0.4, 0.5) is 5.82 Å². The molecular formula is C31H34ClN5O4S. The number of ether oxygens (including phenoxy) is 1. The third-order valence-corrected chi connectivity index (χ3v) is 9.30. The van der Waals surface area contributed by atoms with Gasteiger partial charge in [-0.15, -0.1) is 0 Å². The minimum absolute atomic E-state index is 0.0349. The number of rotatable bonds is 10. The van der Waals surface area contributed by atoms with Gasteiger partial charge in [0.05, 0.1) is 18.0 Å². The highest BCUT2D eigenvalue weighted by molar-refractivity contribution is 7.89. The molecule has 2 heterocycles. The van der Waals surface area contributed by atoms with Crippen LogP contribution in [0, 0.1) is 6.92 Å². The summed E-state index contributed by atoms with van der Waals surface area (Å²) >= 11 is 6.33. The van der Waals surface area contributed by atoms with Gasteiger partial charge in [0.15, 0.2) is 5.82 Å². The Kier molecular flexibility index (Phi) is 8.98. The number of hydrogen-bond donors (Lipinski definition) is 0. The van der Waals surface area contributed by atoms with Crippen molar-refractivity contribution in [3.8, 4) is 5.75 Å². The van der Waals surface area contributed by atoms with Crippen molar-refractivity contribution in [1.29, 1.82) is 0 Å². The van der Waals surface area contributed by atoms with Gasteiger partial charge >= 0.3 is 0 Å². The van der Waals surface area contributed by atoms with Gasteiger partial charge in [-0.05, 0) is 48.4 Å². The standard InChI is InChI=1S/C31H34ClN5O4S/c1-23-17-30(33-37(23)20-26-18-27(32)11-14-29(26)41-22-25-7-5-4-6-8-25)36-16-15-35(21-31(36)38)19-24-9-12-28(13-10-24)42(39,40)34(2)3/h4-14,17-18H,15-16,19-22H2,1-3H3. The van der Waals surface area contributed by atoms with Crippen molar-refractivity contribution in [3.63, 3.8) is 0 Å². The Morgan fingerprint density at radius 2 is 1.67 bits per heavy atom. The van der Waals surface area contributed by atoms with Gasteiger partial charge in [0.25, 0.3) is 0 Å². The van der Waals surface area contributed by atoms with E-state index in [1.54, 1.807) is 29.2 Å². The largest absolute Gasteiger partial charge is 0.489 e. The molecule has 42 heavy (non-hydrogen) atoms. The minimum Gasteiger partial charge on any atom is -0.489 e. The van der Waals surface area contributed by atoms with Crippen LogP contribution in [0.5, 0.6) is 5.75 Å². The molecule has 0 N–H and O–H groups in total. The van der Waals surface area contributed by atoms with Gasteiger partial charge in [0.1, 0.15) is 12.4 Å². The lowest BCUT2D eigenvalue weighted by Crippen LogP contribution is -2.50. The molecule has 0 aliphatic carbocycles. The number of halogens is 1. The summed E-state index contributed by atoms with van der Waals surface area (Å²) in [5.41, 5.74) is 3.84. The SMILES string of the molecule is Cc1cc(N2CCN(Cc3ccc(S(=O)(=O)N(C)C)cc3)CC2=O)nn1Cc1cc(Cl)ccc1OCc1ccccc1. The molecule has 1 fully saturated rings. The number of sulfonamides is 1. The molecule has 3 aromatic carbocycles. The molecule has 0 spiro atoms. The fourth-order valence-electron chi connectivity index (χ4n) is 4.83. The first-order valence-corrected chi connectivity index (χ1v) is 15.5. The first-order valence-electron chi connectivity index (χ1n) is 13.6. The monoisotopic (exact) mass is 607 g/mol. The summed E-state index contributed by atoms with van der Waals surface area (Å²) in [5.74, 6) is 1.31. The normalized spacial score (nSPS) is 14.5. The number of benzene rings is 3. The van der Waals surface area contributed by atoms with Crippen LogP contribution in [-0.2, 0) is 34.5 Å². The quantitative estimate of drug-likeness (QED) is 0.262. The van der Waals surface area contributed by atoms with Crippen LogP contribution in [0.3, 0.4) is 0 Å². The van der Waals surface area contributed by atoms with E-state index < -0.39 is 10.0 Å². The number of nitrogens with zero attached hydrogens (tertiary/aromatic N) is 5. The number of carbonyl (C=O) groups is 1. The zero-order valence-electron chi connectivity index (χ0n) is 23.9. The Balaban J connectivity index is 1.23. The highest BCUT2D eigenvalue weighted by Crippen LogP contribution is 2.27. The van der Waals surface area contributed by atoms with E-state index in [2.05, 4.69) is 4.90 Å². The molecule has 9 nitrogen and oxygen atoms in total. The van der Waals surface area contributed by atoms with Crippen LogP contribution in [-0.4, -0.2) is 67.0 Å². The molecule has 5 rings (SSSR count). The smallest absolute Gasteiger partial charge is 0.242 e. The summed E-state index contributed by atoms with van der Waals surface area (Å²) in [6, 6.07) is 24.3. The Labute approximate surface area is 251 Å². The Morgan fingerprint density at radius 3 is 2.36 bits per heavy atom. The van der Waals surface area contributed by atoms with Crippen LogP contribution in [0.25, 0.3) is 0 Å². The van der Waals surface area contributed by atoms with Gasteiger partial charge in [0, 0.05) is 56.1 Å². The van der Waals surface area contributed by atoms with Crippen molar-refractivity contribution in [1.82, 2.24) is 19.0 Å². The van der Waals surface area contributed by atoms with Gasteiger partial charge in [-0.2, -0.15) is 5.10 Å². The fourth-order valence-corrected chi connectivity index (χ4v) is 5.93. The molecular weight excluding hydrogens is 574 g/mol. The lowest BCUT2D eigenvalue weighted by Gasteiger charge is -2.33. The third-order valence-electron chi connectivity index (χ3n) is 7.23. The maximum Gasteiger partial charge on any atom is 0.242 e. The van der Waals surface area contributed by atoms with Crippen LogP contribution in [0.1, 0.15) is 22.4 Å². The summed E-state index contributed by atoms with van der Waals surface area (Å²) < 4.78 is 33.8. The zero-order chi connectivity index (χ0) is 29.9. The molecule has 220 valence electrons.